The van der Waals surface area contributed by atoms with Crippen molar-refractivity contribution in [2.24, 2.45) is 0 Å². The molecule has 0 saturated carbocycles. The highest BCUT2D eigenvalue weighted by molar-refractivity contribution is 6.31. The minimum Gasteiger partial charge on any atom is -0.354 e. The van der Waals surface area contributed by atoms with Crippen molar-refractivity contribution in [1.82, 2.24) is 15.2 Å². The van der Waals surface area contributed by atoms with Crippen LogP contribution in [0.2, 0.25) is 5.02 Å². The minimum absolute atomic E-state index is 0.0829. The van der Waals surface area contributed by atoms with E-state index in [1.54, 1.807) is 6.20 Å². The van der Waals surface area contributed by atoms with E-state index < -0.39 is 0 Å². The fourth-order valence-corrected chi connectivity index (χ4v) is 2.60. The Morgan fingerprint density at radius 2 is 1.90 bits per heavy atom. The van der Waals surface area contributed by atoms with Gasteiger partial charge in [-0.1, -0.05) is 18.5 Å². The first-order chi connectivity index (χ1) is 9.89. The normalized spacial score (nSPS) is 17.3. The predicted octanol–water partition coefficient (Wildman–Crippen LogP) is 2.77. The first-order valence-electron chi connectivity index (χ1n) is 7.76. The quantitative estimate of drug-likeness (QED) is 0.926. The van der Waals surface area contributed by atoms with E-state index in [9.17, 15) is 0 Å². The van der Waals surface area contributed by atoms with Crippen LogP contribution in [0.25, 0.3) is 0 Å². The Bertz CT molecular complexity index is 462. The summed E-state index contributed by atoms with van der Waals surface area (Å²) in [4.78, 5) is 9.32. The number of hydrogen-bond donors (Lipinski definition) is 1. The van der Waals surface area contributed by atoms with Crippen molar-refractivity contribution in [2.45, 2.75) is 39.8 Å². The number of anilines is 1. The molecule has 0 unspecified atom stereocenters. The van der Waals surface area contributed by atoms with Crippen LogP contribution in [-0.4, -0.2) is 48.1 Å². The van der Waals surface area contributed by atoms with Gasteiger partial charge in [-0.2, -0.15) is 0 Å². The van der Waals surface area contributed by atoms with Gasteiger partial charge >= 0.3 is 0 Å². The van der Waals surface area contributed by atoms with Crippen LogP contribution in [0, 0.1) is 0 Å². The molecule has 0 radical (unpaired) electrons. The smallest absolute Gasteiger partial charge is 0.128 e. The van der Waals surface area contributed by atoms with Crippen molar-refractivity contribution >= 4 is 17.4 Å². The van der Waals surface area contributed by atoms with Crippen LogP contribution in [0.4, 0.5) is 5.82 Å². The van der Waals surface area contributed by atoms with Gasteiger partial charge in [-0.3, -0.25) is 0 Å². The second-order valence-electron chi connectivity index (χ2n) is 6.66. The molecule has 1 aromatic heterocycles. The van der Waals surface area contributed by atoms with Crippen molar-refractivity contribution in [1.29, 1.82) is 0 Å². The number of aromatic nitrogens is 1. The van der Waals surface area contributed by atoms with Gasteiger partial charge in [0.2, 0.25) is 0 Å². The monoisotopic (exact) mass is 310 g/mol. The number of halogens is 1. The highest BCUT2D eigenvalue weighted by Gasteiger charge is 2.18. The second-order valence-corrected chi connectivity index (χ2v) is 7.07. The van der Waals surface area contributed by atoms with Gasteiger partial charge in [-0.05, 0) is 38.9 Å². The van der Waals surface area contributed by atoms with Crippen LogP contribution in [-0.2, 0) is 6.54 Å². The first kappa shape index (κ1) is 16.5. The molecule has 0 atom stereocenters. The molecule has 1 aliphatic heterocycles. The largest absolute Gasteiger partial charge is 0.354 e. The van der Waals surface area contributed by atoms with E-state index >= 15 is 0 Å². The molecule has 1 saturated heterocycles. The topological polar surface area (TPSA) is 31.4 Å². The molecule has 118 valence electrons. The maximum Gasteiger partial charge on any atom is 0.128 e. The van der Waals surface area contributed by atoms with E-state index in [4.69, 9.17) is 11.6 Å². The third-order valence-corrected chi connectivity index (χ3v) is 4.21. The molecule has 0 aromatic carbocycles. The number of nitrogens with one attached hydrogen (secondary N) is 1. The molecular formula is C16H27ClN4. The zero-order chi connectivity index (χ0) is 15.5. The molecule has 0 spiro atoms. The van der Waals surface area contributed by atoms with Gasteiger partial charge in [-0.25, -0.2) is 4.98 Å². The third kappa shape index (κ3) is 4.83. The van der Waals surface area contributed by atoms with E-state index in [-0.39, 0.29) is 5.54 Å². The molecule has 0 amide bonds. The SMILES string of the molecule is CCN1CCN(c2cc(CNC(C)(C)C)c(Cl)cn2)CC1. The van der Waals surface area contributed by atoms with Crippen LogP contribution in [0.3, 0.4) is 0 Å². The van der Waals surface area contributed by atoms with Crippen LogP contribution in [0.15, 0.2) is 12.3 Å². The number of piperazine rings is 1. The number of pyridine rings is 1. The lowest BCUT2D eigenvalue weighted by molar-refractivity contribution is 0.270. The Hall–Kier alpha value is -0.840. The second kappa shape index (κ2) is 6.95. The van der Waals surface area contributed by atoms with E-state index in [1.165, 1.54) is 0 Å². The summed E-state index contributed by atoms with van der Waals surface area (Å²) in [6.45, 7) is 14.9. The summed E-state index contributed by atoms with van der Waals surface area (Å²) in [5.74, 6) is 1.04. The molecule has 2 rings (SSSR count). The molecule has 1 fully saturated rings. The lowest BCUT2D eigenvalue weighted by Gasteiger charge is -2.35. The average molecular weight is 311 g/mol. The zero-order valence-electron chi connectivity index (χ0n) is 13.6. The Kier molecular flexibility index (Phi) is 5.47. The van der Waals surface area contributed by atoms with Gasteiger partial charge < -0.3 is 15.1 Å². The maximum atomic E-state index is 6.28. The Morgan fingerprint density at radius 3 is 2.48 bits per heavy atom. The lowest BCUT2D eigenvalue weighted by atomic mass is 10.1. The summed E-state index contributed by atoms with van der Waals surface area (Å²) in [6.07, 6.45) is 1.78. The molecule has 1 aromatic rings. The molecular weight excluding hydrogens is 284 g/mol. The van der Waals surface area contributed by atoms with Crippen molar-refractivity contribution in [3.63, 3.8) is 0 Å². The fourth-order valence-electron chi connectivity index (χ4n) is 2.43. The Balaban J connectivity index is 2.04. The number of likely N-dealkylation sites (N-methyl/N-ethyl adjacent to an activating group) is 1. The standard InChI is InChI=1S/C16H27ClN4/c1-5-20-6-8-21(9-7-20)15-10-13(14(17)12-18-15)11-19-16(2,3)4/h10,12,19H,5-9,11H2,1-4H3. The van der Waals surface area contributed by atoms with Crippen molar-refractivity contribution < 1.29 is 0 Å². The van der Waals surface area contributed by atoms with Crippen LogP contribution >= 0.6 is 11.6 Å². The summed E-state index contributed by atoms with van der Waals surface area (Å²) < 4.78 is 0. The van der Waals surface area contributed by atoms with Gasteiger partial charge in [0, 0.05) is 44.5 Å². The highest BCUT2D eigenvalue weighted by Crippen LogP contribution is 2.22. The van der Waals surface area contributed by atoms with E-state index in [0.29, 0.717) is 0 Å². The molecule has 0 bridgehead atoms. The van der Waals surface area contributed by atoms with Gasteiger partial charge in [-0.15, -0.1) is 0 Å². The summed E-state index contributed by atoms with van der Waals surface area (Å²) >= 11 is 6.28. The average Bonchev–Trinajstić information content (AvgIpc) is 2.46. The summed E-state index contributed by atoms with van der Waals surface area (Å²) in [7, 11) is 0. The highest BCUT2D eigenvalue weighted by atomic mass is 35.5. The van der Waals surface area contributed by atoms with Crippen LogP contribution in [0.5, 0.6) is 0 Å². The van der Waals surface area contributed by atoms with Crippen molar-refractivity contribution in [3.05, 3.63) is 22.8 Å². The summed E-state index contributed by atoms with van der Waals surface area (Å²) in [6, 6.07) is 2.13. The fraction of sp³-hybridized carbons (Fsp3) is 0.688. The Labute approximate surface area is 133 Å². The molecule has 5 heteroatoms. The van der Waals surface area contributed by atoms with Crippen LogP contribution < -0.4 is 10.2 Å². The van der Waals surface area contributed by atoms with Crippen molar-refractivity contribution in [3.8, 4) is 0 Å². The van der Waals surface area contributed by atoms with Crippen LogP contribution in [0.1, 0.15) is 33.3 Å². The number of nitrogens with zero attached hydrogens (tertiary/aromatic N) is 3. The van der Waals surface area contributed by atoms with E-state index in [1.807, 2.05) is 0 Å². The summed E-state index contributed by atoms with van der Waals surface area (Å²) in [5, 5.41) is 4.22. The van der Waals surface area contributed by atoms with Gasteiger partial charge in [0.15, 0.2) is 0 Å². The van der Waals surface area contributed by atoms with E-state index in [2.05, 4.69) is 53.9 Å². The summed E-state index contributed by atoms with van der Waals surface area (Å²) in [5.41, 5.74) is 1.20. The van der Waals surface area contributed by atoms with E-state index in [0.717, 1.165) is 55.7 Å². The molecule has 1 N–H and O–H groups in total. The zero-order valence-corrected chi connectivity index (χ0v) is 14.4. The molecule has 21 heavy (non-hydrogen) atoms. The molecule has 0 aliphatic carbocycles. The lowest BCUT2D eigenvalue weighted by Crippen LogP contribution is -2.46. The van der Waals surface area contributed by atoms with Crippen molar-refractivity contribution in [2.75, 3.05) is 37.6 Å². The first-order valence-corrected chi connectivity index (χ1v) is 8.13. The maximum absolute atomic E-state index is 6.28. The van der Waals surface area contributed by atoms with Gasteiger partial charge in [0.05, 0.1) is 5.02 Å². The van der Waals surface area contributed by atoms with Gasteiger partial charge in [0.25, 0.3) is 0 Å². The third-order valence-electron chi connectivity index (χ3n) is 3.87. The number of hydrogen-bond acceptors (Lipinski definition) is 4. The molecule has 1 aliphatic rings. The Morgan fingerprint density at radius 1 is 1.24 bits per heavy atom. The minimum atomic E-state index is 0.0829. The van der Waals surface area contributed by atoms with Gasteiger partial charge in [0.1, 0.15) is 5.82 Å². The molecule has 2 heterocycles. The molecule has 4 nitrogen and oxygen atoms in total. The number of rotatable bonds is 4. The predicted molar refractivity (Wildman–Crippen MR) is 90.2 cm³/mol.